The van der Waals surface area contributed by atoms with E-state index in [0.717, 1.165) is 19.5 Å². The largest absolute Gasteiger partial charge is 0.422 e. The van der Waals surface area contributed by atoms with Gasteiger partial charge in [-0.1, -0.05) is 37.6 Å². The van der Waals surface area contributed by atoms with Crippen molar-refractivity contribution < 1.29 is 9.53 Å². The Kier molecular flexibility index (Phi) is 7.72. The Balaban J connectivity index is 1.74. The molecule has 2 rings (SSSR count). The summed E-state index contributed by atoms with van der Waals surface area (Å²) in [6, 6.07) is 11.3. The summed E-state index contributed by atoms with van der Waals surface area (Å²) in [5.41, 5.74) is 1.18. The maximum atomic E-state index is 11.9. The molecule has 0 spiro atoms. The fraction of sp³-hybridized carbons (Fsp3) is 0.350. The molecule has 0 fully saturated rings. The van der Waals surface area contributed by atoms with Crippen LogP contribution >= 0.6 is 11.3 Å². The minimum absolute atomic E-state index is 0.302. The summed E-state index contributed by atoms with van der Waals surface area (Å²) in [5.74, 6) is 0.993. The zero-order chi connectivity index (χ0) is 17.2. The first-order valence-corrected chi connectivity index (χ1v) is 9.27. The molecule has 0 saturated carbocycles. The van der Waals surface area contributed by atoms with Gasteiger partial charge in [-0.05, 0) is 54.4 Å². The highest BCUT2D eigenvalue weighted by atomic mass is 32.1. The summed E-state index contributed by atoms with van der Waals surface area (Å²) < 4.78 is 5.35. The first kappa shape index (κ1) is 18.4. The summed E-state index contributed by atoms with van der Waals surface area (Å²) in [5, 5.41) is 5.33. The molecule has 1 aromatic carbocycles. The monoisotopic (exact) mass is 343 g/mol. The molecule has 0 aliphatic carbocycles. The molecule has 0 radical (unpaired) electrons. The Morgan fingerprint density at radius 3 is 2.75 bits per heavy atom. The van der Waals surface area contributed by atoms with Gasteiger partial charge in [0.15, 0.2) is 0 Å². The van der Waals surface area contributed by atoms with Crippen molar-refractivity contribution in [1.29, 1.82) is 0 Å². The third-order valence-electron chi connectivity index (χ3n) is 3.99. The molecule has 2 aromatic rings. The highest BCUT2D eigenvalue weighted by molar-refractivity contribution is 7.12. The van der Waals surface area contributed by atoms with Gasteiger partial charge >= 0.3 is 5.97 Å². The highest BCUT2D eigenvalue weighted by Gasteiger charge is 2.09. The fourth-order valence-corrected chi connectivity index (χ4v) is 3.09. The molecule has 3 nitrogen and oxygen atoms in total. The maximum absolute atomic E-state index is 11.9. The number of hydrogen-bond acceptors (Lipinski definition) is 4. The number of ether oxygens (including phenoxy) is 1. The van der Waals surface area contributed by atoms with Crippen molar-refractivity contribution in [3.8, 4) is 5.75 Å². The molecule has 0 bridgehead atoms. The average Bonchev–Trinajstić information content (AvgIpc) is 3.14. The first-order valence-electron chi connectivity index (χ1n) is 8.39. The molecular weight excluding hydrogens is 318 g/mol. The van der Waals surface area contributed by atoms with Gasteiger partial charge in [0.05, 0.1) is 0 Å². The fourth-order valence-electron chi connectivity index (χ4n) is 2.49. The number of rotatable bonds is 10. The molecule has 1 atom stereocenters. The van der Waals surface area contributed by atoms with Crippen LogP contribution in [0.3, 0.4) is 0 Å². The van der Waals surface area contributed by atoms with Gasteiger partial charge in [0.25, 0.3) is 0 Å². The summed E-state index contributed by atoms with van der Waals surface area (Å²) in [7, 11) is 0. The van der Waals surface area contributed by atoms with Crippen molar-refractivity contribution in [2.45, 2.75) is 32.7 Å². The van der Waals surface area contributed by atoms with Crippen molar-refractivity contribution in [2.24, 2.45) is 5.92 Å². The second kappa shape index (κ2) is 10.1. The third kappa shape index (κ3) is 5.95. The molecule has 0 aliphatic rings. The van der Waals surface area contributed by atoms with E-state index in [1.807, 2.05) is 41.8 Å². The van der Waals surface area contributed by atoms with E-state index >= 15 is 0 Å². The summed E-state index contributed by atoms with van der Waals surface area (Å²) in [6.45, 7) is 7.86. The second-order valence-electron chi connectivity index (χ2n) is 5.77. The lowest BCUT2D eigenvalue weighted by atomic mass is 9.98. The number of nitrogens with one attached hydrogen (secondary N) is 1. The van der Waals surface area contributed by atoms with E-state index in [0.29, 0.717) is 16.5 Å². The molecule has 1 aromatic heterocycles. The van der Waals surface area contributed by atoms with E-state index in [-0.39, 0.29) is 5.97 Å². The second-order valence-corrected chi connectivity index (χ2v) is 6.72. The van der Waals surface area contributed by atoms with Crippen molar-refractivity contribution in [3.05, 3.63) is 64.9 Å². The van der Waals surface area contributed by atoms with Crippen molar-refractivity contribution in [1.82, 2.24) is 5.32 Å². The first-order chi connectivity index (χ1) is 11.7. The van der Waals surface area contributed by atoms with Gasteiger partial charge in [0, 0.05) is 6.54 Å². The minimum atomic E-state index is -0.302. The van der Waals surface area contributed by atoms with Crippen LogP contribution in [0.5, 0.6) is 5.75 Å². The topological polar surface area (TPSA) is 38.3 Å². The normalized spacial score (nSPS) is 11.9. The van der Waals surface area contributed by atoms with E-state index < -0.39 is 0 Å². The van der Waals surface area contributed by atoms with Crippen LogP contribution in [0.1, 0.15) is 41.4 Å². The molecule has 0 aliphatic heterocycles. The van der Waals surface area contributed by atoms with Gasteiger partial charge in [0.1, 0.15) is 10.6 Å². The zero-order valence-corrected chi connectivity index (χ0v) is 15.0. The van der Waals surface area contributed by atoms with Crippen LogP contribution in [-0.2, 0) is 6.54 Å². The van der Waals surface area contributed by atoms with Gasteiger partial charge in [-0.2, -0.15) is 0 Å². The van der Waals surface area contributed by atoms with Gasteiger partial charge in [-0.3, -0.25) is 0 Å². The van der Waals surface area contributed by atoms with Crippen LogP contribution in [0.25, 0.3) is 0 Å². The molecule has 24 heavy (non-hydrogen) atoms. The Hall–Kier alpha value is -1.91. The maximum Gasteiger partial charge on any atom is 0.353 e. The van der Waals surface area contributed by atoms with E-state index in [2.05, 4.69) is 18.8 Å². The quantitative estimate of drug-likeness (QED) is 0.284. The van der Waals surface area contributed by atoms with Crippen LogP contribution < -0.4 is 10.1 Å². The van der Waals surface area contributed by atoms with Crippen molar-refractivity contribution in [2.75, 3.05) is 6.54 Å². The number of carbonyl (C=O) groups excluding carboxylic acids is 1. The molecule has 128 valence electrons. The SMILES string of the molecule is C=CCC(CC)CCNCc1ccc(OC(=O)c2cccs2)cc1. The number of benzene rings is 1. The van der Waals surface area contributed by atoms with E-state index in [1.165, 1.54) is 29.7 Å². The molecule has 1 heterocycles. The predicted molar refractivity (Wildman–Crippen MR) is 101 cm³/mol. The summed E-state index contributed by atoms with van der Waals surface area (Å²) >= 11 is 1.38. The molecular formula is C20H25NO2S. The van der Waals surface area contributed by atoms with Crippen LogP contribution in [0.4, 0.5) is 0 Å². The number of thiophene rings is 1. The third-order valence-corrected chi connectivity index (χ3v) is 4.84. The van der Waals surface area contributed by atoms with Crippen molar-refractivity contribution >= 4 is 17.3 Å². The highest BCUT2D eigenvalue weighted by Crippen LogP contribution is 2.17. The Morgan fingerprint density at radius 1 is 1.33 bits per heavy atom. The van der Waals surface area contributed by atoms with Gasteiger partial charge in [-0.15, -0.1) is 17.9 Å². The Bertz CT molecular complexity index is 620. The molecule has 1 N–H and O–H groups in total. The lowest BCUT2D eigenvalue weighted by Gasteiger charge is -2.13. The van der Waals surface area contributed by atoms with Crippen LogP contribution in [0.15, 0.2) is 54.4 Å². The van der Waals surface area contributed by atoms with E-state index in [9.17, 15) is 4.79 Å². The van der Waals surface area contributed by atoms with Crippen LogP contribution in [-0.4, -0.2) is 12.5 Å². The number of esters is 1. The lowest BCUT2D eigenvalue weighted by Crippen LogP contribution is -2.17. The summed E-state index contributed by atoms with van der Waals surface area (Å²) in [4.78, 5) is 12.5. The molecule has 0 saturated heterocycles. The summed E-state index contributed by atoms with van der Waals surface area (Å²) in [6.07, 6.45) is 5.45. The zero-order valence-electron chi connectivity index (χ0n) is 14.2. The van der Waals surface area contributed by atoms with Gasteiger partial charge < -0.3 is 10.1 Å². The van der Waals surface area contributed by atoms with Crippen molar-refractivity contribution in [3.63, 3.8) is 0 Å². The number of hydrogen-bond donors (Lipinski definition) is 1. The average molecular weight is 343 g/mol. The Labute approximate surface area is 148 Å². The minimum Gasteiger partial charge on any atom is -0.422 e. The molecule has 4 heteroatoms. The van der Waals surface area contributed by atoms with Gasteiger partial charge in [-0.25, -0.2) is 4.79 Å². The van der Waals surface area contributed by atoms with E-state index in [1.54, 1.807) is 6.07 Å². The number of allylic oxidation sites excluding steroid dienone is 1. The van der Waals surface area contributed by atoms with Crippen LogP contribution in [0, 0.1) is 5.92 Å². The van der Waals surface area contributed by atoms with Crippen LogP contribution in [0.2, 0.25) is 0 Å². The lowest BCUT2D eigenvalue weighted by molar-refractivity contribution is 0.0740. The standard InChI is InChI=1S/C20H25NO2S/c1-3-6-16(4-2)12-13-21-15-17-8-10-18(11-9-17)23-20(22)19-7-5-14-24-19/h3,5,7-11,14,16,21H,1,4,6,12-13,15H2,2H3. The predicted octanol–water partition coefficient (Wildman–Crippen LogP) is 5.05. The molecule has 1 unspecified atom stereocenters. The molecule has 0 amide bonds. The van der Waals surface area contributed by atoms with Gasteiger partial charge in [0.2, 0.25) is 0 Å². The van der Waals surface area contributed by atoms with E-state index in [4.69, 9.17) is 4.74 Å². The smallest absolute Gasteiger partial charge is 0.353 e. The Morgan fingerprint density at radius 2 is 2.12 bits per heavy atom. The number of carbonyl (C=O) groups is 1.